The van der Waals surface area contributed by atoms with Gasteiger partial charge in [-0.05, 0) is 78.9 Å². The number of nitrogens with one attached hydrogen (secondary N) is 1. The number of nitrogens with zero attached hydrogens (tertiary/aromatic N) is 5. The Morgan fingerprint density at radius 3 is 2.51 bits per heavy atom. The molecule has 0 spiro atoms. The fourth-order valence-corrected chi connectivity index (χ4v) is 5.38. The summed E-state index contributed by atoms with van der Waals surface area (Å²) >= 11 is 1.26. The molecule has 3 amide bonds. The summed E-state index contributed by atoms with van der Waals surface area (Å²) in [7, 11) is 0. The van der Waals surface area contributed by atoms with Crippen molar-refractivity contribution in [3.63, 3.8) is 0 Å². The van der Waals surface area contributed by atoms with Crippen LogP contribution >= 0.6 is 11.8 Å². The van der Waals surface area contributed by atoms with E-state index in [9.17, 15) is 14.0 Å². The SMILES string of the molecule is CC(C)(F)Oc1ccc(-n2cnc(-c3ccc(NC(=O)/N=C4\SCC(=O)N4c4ccccc4C4CC4)cc3)n2)cc1. The molecule has 208 valence electrons. The lowest BCUT2D eigenvalue weighted by molar-refractivity contribution is -0.115. The second-order valence-electron chi connectivity index (χ2n) is 10.2. The molecule has 0 radical (unpaired) electrons. The molecule has 6 rings (SSSR count). The maximum atomic E-state index is 13.7. The van der Waals surface area contributed by atoms with Gasteiger partial charge in [0.15, 0.2) is 11.0 Å². The predicted molar refractivity (Wildman–Crippen MR) is 157 cm³/mol. The van der Waals surface area contributed by atoms with E-state index < -0.39 is 11.9 Å². The van der Waals surface area contributed by atoms with Crippen LogP contribution in [0.2, 0.25) is 0 Å². The number of carbonyl (C=O) groups excluding carboxylic acids is 2. The first-order valence-electron chi connectivity index (χ1n) is 13.2. The number of carbonyl (C=O) groups is 2. The molecule has 41 heavy (non-hydrogen) atoms. The zero-order valence-corrected chi connectivity index (χ0v) is 23.3. The lowest BCUT2D eigenvalue weighted by atomic mass is 10.1. The minimum atomic E-state index is -1.77. The summed E-state index contributed by atoms with van der Waals surface area (Å²) in [5.41, 5.74) is 3.98. The molecule has 0 unspecified atom stereocenters. The molecular weight excluding hydrogens is 543 g/mol. The Kier molecular flexibility index (Phi) is 7.04. The normalized spacial score (nSPS) is 16.3. The second-order valence-corrected chi connectivity index (χ2v) is 11.2. The average molecular weight is 571 g/mol. The molecule has 2 fully saturated rings. The van der Waals surface area contributed by atoms with Crippen molar-refractivity contribution in [3.05, 3.63) is 84.7 Å². The van der Waals surface area contributed by atoms with Crippen molar-refractivity contribution in [3.8, 4) is 22.8 Å². The number of aliphatic imine (C=N–C) groups is 1. The number of amidine groups is 1. The maximum Gasteiger partial charge on any atom is 0.347 e. The van der Waals surface area contributed by atoms with E-state index in [0.29, 0.717) is 28.3 Å². The van der Waals surface area contributed by atoms with Crippen LogP contribution in [-0.4, -0.2) is 43.5 Å². The molecule has 4 aromatic rings. The molecule has 1 aliphatic heterocycles. The van der Waals surface area contributed by atoms with Crippen LogP contribution in [0.15, 0.2) is 84.1 Å². The van der Waals surface area contributed by atoms with E-state index in [4.69, 9.17) is 4.74 Å². The number of thioether (sulfide) groups is 1. The third kappa shape index (κ3) is 6.14. The third-order valence-corrected chi connectivity index (χ3v) is 7.43. The van der Waals surface area contributed by atoms with Gasteiger partial charge < -0.3 is 10.1 Å². The molecule has 1 aliphatic carbocycles. The predicted octanol–water partition coefficient (Wildman–Crippen LogP) is 6.56. The van der Waals surface area contributed by atoms with Crippen molar-refractivity contribution >= 4 is 40.2 Å². The van der Waals surface area contributed by atoms with E-state index in [1.54, 1.807) is 64.4 Å². The summed E-state index contributed by atoms with van der Waals surface area (Å²) in [5, 5.41) is 7.67. The highest BCUT2D eigenvalue weighted by molar-refractivity contribution is 8.15. The molecule has 1 saturated heterocycles. The lowest BCUT2D eigenvalue weighted by Crippen LogP contribution is -2.31. The Balaban J connectivity index is 1.12. The first kappa shape index (κ1) is 26.7. The van der Waals surface area contributed by atoms with Crippen LogP contribution in [0.4, 0.5) is 20.6 Å². The number of anilines is 2. The van der Waals surface area contributed by atoms with Crippen molar-refractivity contribution in [1.82, 2.24) is 14.8 Å². The van der Waals surface area contributed by atoms with Crippen molar-refractivity contribution in [2.24, 2.45) is 4.99 Å². The summed E-state index contributed by atoms with van der Waals surface area (Å²) in [6.07, 6.45) is 3.80. The number of benzene rings is 3. The van der Waals surface area contributed by atoms with Gasteiger partial charge in [-0.1, -0.05) is 30.0 Å². The lowest BCUT2D eigenvalue weighted by Gasteiger charge is -2.19. The zero-order chi connectivity index (χ0) is 28.6. The third-order valence-electron chi connectivity index (χ3n) is 6.51. The molecule has 1 aromatic heterocycles. The van der Waals surface area contributed by atoms with E-state index in [1.165, 1.54) is 25.6 Å². The van der Waals surface area contributed by atoms with Crippen LogP contribution in [0.3, 0.4) is 0 Å². The zero-order valence-electron chi connectivity index (χ0n) is 22.5. The standard InChI is InChI=1S/C30H27FN6O3S/c1-30(2,31)40-23-15-13-22(14-16-23)36-18-32-27(35-36)20-9-11-21(12-10-20)33-28(39)34-29-37(26(38)17-41-29)25-6-4-3-5-24(25)19-7-8-19/h3-6,9-16,18-19H,7-8,17H2,1-2H3,(H,33,39)/b34-29-. The van der Waals surface area contributed by atoms with Crippen LogP contribution in [0.5, 0.6) is 5.75 Å². The fourth-order valence-electron chi connectivity index (χ4n) is 4.52. The van der Waals surface area contributed by atoms with E-state index in [0.717, 1.165) is 35.3 Å². The smallest absolute Gasteiger partial charge is 0.347 e. The molecule has 1 N–H and O–H groups in total. The number of halogens is 1. The Labute approximate surface area is 240 Å². The number of para-hydroxylation sites is 1. The van der Waals surface area contributed by atoms with Gasteiger partial charge in [0.1, 0.15) is 12.1 Å². The minimum Gasteiger partial charge on any atom is -0.459 e. The van der Waals surface area contributed by atoms with Crippen molar-refractivity contribution in [2.45, 2.75) is 38.5 Å². The van der Waals surface area contributed by atoms with Crippen LogP contribution in [0.1, 0.15) is 38.2 Å². The first-order valence-corrected chi connectivity index (χ1v) is 14.2. The number of hydrogen-bond acceptors (Lipinski definition) is 6. The van der Waals surface area contributed by atoms with Gasteiger partial charge in [0.05, 0.1) is 17.1 Å². The van der Waals surface area contributed by atoms with Gasteiger partial charge in [-0.25, -0.2) is 14.5 Å². The van der Waals surface area contributed by atoms with Gasteiger partial charge in [-0.2, -0.15) is 9.38 Å². The van der Waals surface area contributed by atoms with Gasteiger partial charge in [0.2, 0.25) is 11.8 Å². The molecule has 2 aliphatic rings. The highest BCUT2D eigenvalue weighted by atomic mass is 32.2. The molecule has 1 saturated carbocycles. The summed E-state index contributed by atoms with van der Waals surface area (Å²) in [4.78, 5) is 35.7. The summed E-state index contributed by atoms with van der Waals surface area (Å²) in [5.74, 6) is -0.241. The van der Waals surface area contributed by atoms with Gasteiger partial charge in [-0.15, -0.1) is 5.10 Å². The largest absolute Gasteiger partial charge is 0.459 e. The minimum absolute atomic E-state index is 0.0843. The summed E-state index contributed by atoms with van der Waals surface area (Å²) in [6, 6.07) is 21.2. The second kappa shape index (κ2) is 10.8. The van der Waals surface area contributed by atoms with Crippen LogP contribution < -0.4 is 15.0 Å². The van der Waals surface area contributed by atoms with Gasteiger partial charge in [0, 0.05) is 25.1 Å². The van der Waals surface area contributed by atoms with Crippen LogP contribution in [0, 0.1) is 0 Å². The van der Waals surface area contributed by atoms with Crippen LogP contribution in [0.25, 0.3) is 17.1 Å². The summed E-state index contributed by atoms with van der Waals surface area (Å²) in [6.45, 7) is 2.69. The monoisotopic (exact) mass is 570 g/mol. The number of aromatic nitrogens is 3. The number of alkyl halides is 1. The quantitative estimate of drug-likeness (QED) is 0.270. The van der Waals surface area contributed by atoms with Gasteiger partial charge in [-0.3, -0.25) is 9.69 Å². The molecule has 2 heterocycles. The topological polar surface area (TPSA) is 102 Å². The Hall–Kier alpha value is -4.51. The Bertz CT molecular complexity index is 1630. The van der Waals surface area contributed by atoms with Crippen LogP contribution in [-0.2, 0) is 4.79 Å². The molecule has 0 bridgehead atoms. The number of ether oxygens (including phenoxy) is 1. The number of urea groups is 1. The van der Waals surface area contributed by atoms with Crippen molar-refractivity contribution in [2.75, 3.05) is 16.0 Å². The molecular formula is C30H27FN6O3S. The molecule has 11 heteroatoms. The molecule has 9 nitrogen and oxygen atoms in total. The van der Waals surface area contributed by atoms with Crippen molar-refractivity contribution < 1.29 is 18.7 Å². The van der Waals surface area contributed by atoms with E-state index in [1.807, 2.05) is 24.3 Å². The fraction of sp³-hybridized carbons (Fsp3) is 0.233. The molecule has 3 aromatic carbocycles. The van der Waals surface area contributed by atoms with E-state index in [-0.39, 0.29) is 11.7 Å². The summed E-state index contributed by atoms with van der Waals surface area (Å²) < 4.78 is 20.5. The number of hydrogen-bond donors (Lipinski definition) is 1. The Morgan fingerprint density at radius 1 is 1.07 bits per heavy atom. The van der Waals surface area contributed by atoms with E-state index in [2.05, 4.69) is 20.4 Å². The highest BCUT2D eigenvalue weighted by Crippen LogP contribution is 2.45. The van der Waals surface area contributed by atoms with Crippen molar-refractivity contribution in [1.29, 1.82) is 0 Å². The van der Waals surface area contributed by atoms with Gasteiger partial charge >= 0.3 is 6.03 Å². The number of rotatable bonds is 7. The first-order chi connectivity index (χ1) is 19.7. The molecule has 0 atom stereocenters. The Morgan fingerprint density at radius 2 is 1.80 bits per heavy atom. The van der Waals surface area contributed by atoms with E-state index >= 15 is 0 Å². The maximum absolute atomic E-state index is 13.7. The average Bonchev–Trinajstić information content (AvgIpc) is 3.56. The number of amides is 3. The highest BCUT2D eigenvalue weighted by Gasteiger charge is 2.35. The van der Waals surface area contributed by atoms with Gasteiger partial charge in [0.25, 0.3) is 0 Å².